The molecular weight excluding hydrogens is 440 g/mol. The number of H-pyrrole nitrogens is 1. The number of hydrogen-bond donors (Lipinski definition) is 4. The van der Waals surface area contributed by atoms with Crippen LogP contribution in [0.4, 0.5) is 5.82 Å². The largest absolute Gasteiger partial charge is 0.367 e. The van der Waals surface area contributed by atoms with Crippen molar-refractivity contribution in [3.05, 3.63) is 41.8 Å². The van der Waals surface area contributed by atoms with E-state index in [2.05, 4.69) is 30.9 Å². The van der Waals surface area contributed by atoms with Crippen LogP contribution < -0.4 is 16.0 Å². The summed E-state index contributed by atoms with van der Waals surface area (Å²) >= 11 is 6.35. The summed E-state index contributed by atoms with van der Waals surface area (Å²) in [5.74, 6) is 1.11. The fraction of sp³-hybridized carbons (Fsp3) is 0.417. The molecule has 2 fully saturated rings. The molecule has 2 amide bonds. The van der Waals surface area contributed by atoms with Crippen LogP contribution in [-0.2, 0) is 9.59 Å². The Hall–Kier alpha value is -3.13. The van der Waals surface area contributed by atoms with Gasteiger partial charge in [-0.1, -0.05) is 11.6 Å². The highest BCUT2D eigenvalue weighted by Gasteiger charge is 2.28. The molecule has 0 spiro atoms. The molecule has 172 valence electrons. The lowest BCUT2D eigenvalue weighted by Crippen LogP contribution is -2.43. The van der Waals surface area contributed by atoms with Crippen LogP contribution in [0.5, 0.6) is 0 Å². The van der Waals surface area contributed by atoms with Gasteiger partial charge in [-0.2, -0.15) is 0 Å². The first-order valence-electron chi connectivity index (χ1n) is 11.5. The van der Waals surface area contributed by atoms with E-state index in [0.717, 1.165) is 53.7 Å². The predicted molar refractivity (Wildman–Crippen MR) is 128 cm³/mol. The minimum absolute atomic E-state index is 0.0409. The number of carbonyl (C=O) groups excluding carboxylic acids is 2. The molecule has 0 radical (unpaired) electrons. The van der Waals surface area contributed by atoms with Crippen molar-refractivity contribution in [3.8, 4) is 11.1 Å². The summed E-state index contributed by atoms with van der Waals surface area (Å²) in [6, 6.07) is 7.81. The zero-order valence-corrected chi connectivity index (χ0v) is 19.0. The fourth-order valence-electron chi connectivity index (χ4n) is 4.82. The number of halogens is 1. The maximum Gasteiger partial charge on any atom is 0.242 e. The van der Waals surface area contributed by atoms with Gasteiger partial charge in [0.15, 0.2) is 0 Å². The Morgan fingerprint density at radius 1 is 1.18 bits per heavy atom. The highest BCUT2D eigenvalue weighted by molar-refractivity contribution is 6.29. The van der Waals surface area contributed by atoms with Crippen molar-refractivity contribution in [2.24, 2.45) is 5.92 Å². The third-order valence-corrected chi connectivity index (χ3v) is 6.83. The highest BCUT2D eigenvalue weighted by atomic mass is 35.5. The maximum absolute atomic E-state index is 12.2. The van der Waals surface area contributed by atoms with Crippen molar-refractivity contribution in [1.29, 1.82) is 0 Å². The molecule has 8 nitrogen and oxygen atoms in total. The molecule has 33 heavy (non-hydrogen) atoms. The SMILES string of the molecule is O=C1CC[C@@H](C(=O)NCC2CCC(Nc3cc(-c4c[nH]c5ncccc45)cc(Cl)n3)CC2)N1. The number of amides is 2. The smallest absolute Gasteiger partial charge is 0.242 e. The molecule has 1 aliphatic heterocycles. The Morgan fingerprint density at radius 2 is 2.03 bits per heavy atom. The normalized spacial score (nSPS) is 22.8. The minimum atomic E-state index is -0.369. The van der Waals surface area contributed by atoms with E-state index in [1.807, 2.05) is 30.5 Å². The number of nitrogens with zero attached hydrogens (tertiary/aromatic N) is 2. The number of carbonyl (C=O) groups is 2. The van der Waals surface area contributed by atoms with Crippen LogP contribution in [0, 0.1) is 5.92 Å². The molecule has 2 aliphatic rings. The van der Waals surface area contributed by atoms with Crippen LogP contribution in [0.1, 0.15) is 38.5 Å². The first kappa shape index (κ1) is 21.7. The van der Waals surface area contributed by atoms with Crippen molar-refractivity contribution in [1.82, 2.24) is 25.6 Å². The van der Waals surface area contributed by atoms with Crippen molar-refractivity contribution < 1.29 is 9.59 Å². The molecule has 9 heteroatoms. The lowest BCUT2D eigenvalue weighted by atomic mass is 9.86. The standard InChI is InChI=1S/C24H27ClN6O2/c25-20-10-15(18-13-27-23-17(18)2-1-9-26-23)11-21(31-20)29-16-5-3-14(4-6-16)12-28-24(33)19-7-8-22(32)30-19/h1-2,9-11,13-14,16,19H,3-8,12H2,(H,26,27)(H,28,33)(H,29,31)(H,30,32)/t14?,16?,19-/m0/s1. The first-order valence-corrected chi connectivity index (χ1v) is 11.9. The topological polar surface area (TPSA) is 112 Å². The Kier molecular flexibility index (Phi) is 6.17. The van der Waals surface area contributed by atoms with Gasteiger partial charge in [-0.15, -0.1) is 0 Å². The molecule has 3 aromatic rings. The summed E-state index contributed by atoms with van der Waals surface area (Å²) in [7, 11) is 0. The quantitative estimate of drug-likeness (QED) is 0.414. The summed E-state index contributed by atoms with van der Waals surface area (Å²) in [4.78, 5) is 35.6. The molecule has 1 aliphatic carbocycles. The van der Waals surface area contributed by atoms with E-state index in [-0.39, 0.29) is 17.9 Å². The number of aromatic amines is 1. The fourth-order valence-corrected chi connectivity index (χ4v) is 5.03. The van der Waals surface area contributed by atoms with Crippen LogP contribution >= 0.6 is 11.6 Å². The number of hydrogen-bond acceptors (Lipinski definition) is 5. The van der Waals surface area contributed by atoms with Gasteiger partial charge >= 0.3 is 0 Å². The van der Waals surface area contributed by atoms with E-state index in [1.165, 1.54) is 0 Å². The molecule has 1 saturated heterocycles. The average Bonchev–Trinajstić information content (AvgIpc) is 3.44. The second-order valence-electron chi connectivity index (χ2n) is 8.93. The van der Waals surface area contributed by atoms with Crippen LogP contribution in [-0.4, -0.2) is 45.4 Å². The monoisotopic (exact) mass is 466 g/mol. The Bertz CT molecular complexity index is 1170. The van der Waals surface area contributed by atoms with E-state index < -0.39 is 0 Å². The van der Waals surface area contributed by atoms with Gasteiger partial charge in [0, 0.05) is 42.4 Å². The minimum Gasteiger partial charge on any atom is -0.367 e. The predicted octanol–water partition coefficient (Wildman–Crippen LogP) is 3.64. The van der Waals surface area contributed by atoms with E-state index in [0.29, 0.717) is 36.5 Å². The van der Waals surface area contributed by atoms with Crippen LogP contribution in [0.25, 0.3) is 22.2 Å². The van der Waals surface area contributed by atoms with E-state index in [4.69, 9.17) is 11.6 Å². The van der Waals surface area contributed by atoms with Crippen LogP contribution in [0.15, 0.2) is 36.7 Å². The molecule has 4 N–H and O–H groups in total. The van der Waals surface area contributed by atoms with Gasteiger partial charge in [0.05, 0.1) is 0 Å². The van der Waals surface area contributed by atoms with Crippen LogP contribution in [0.3, 0.4) is 0 Å². The molecule has 5 rings (SSSR count). The second-order valence-corrected chi connectivity index (χ2v) is 9.32. The molecule has 1 saturated carbocycles. The van der Waals surface area contributed by atoms with Crippen molar-refractivity contribution >= 4 is 40.3 Å². The Balaban J connectivity index is 1.16. The lowest BCUT2D eigenvalue weighted by molar-refractivity contribution is -0.125. The zero-order chi connectivity index (χ0) is 22.8. The lowest BCUT2D eigenvalue weighted by Gasteiger charge is -2.30. The summed E-state index contributed by atoms with van der Waals surface area (Å²) < 4.78 is 0. The molecule has 4 heterocycles. The van der Waals surface area contributed by atoms with E-state index in [1.54, 1.807) is 6.20 Å². The highest BCUT2D eigenvalue weighted by Crippen LogP contribution is 2.32. The summed E-state index contributed by atoms with van der Waals surface area (Å²) in [6.45, 7) is 0.659. The molecule has 0 bridgehead atoms. The number of aromatic nitrogens is 3. The van der Waals surface area contributed by atoms with Crippen molar-refractivity contribution in [3.63, 3.8) is 0 Å². The molecule has 3 aromatic heterocycles. The van der Waals surface area contributed by atoms with Gasteiger partial charge < -0.3 is 20.9 Å². The molecule has 0 unspecified atom stereocenters. The van der Waals surface area contributed by atoms with E-state index in [9.17, 15) is 9.59 Å². The van der Waals surface area contributed by atoms with Gasteiger partial charge in [-0.05, 0) is 67.9 Å². The Morgan fingerprint density at radius 3 is 2.82 bits per heavy atom. The zero-order valence-electron chi connectivity index (χ0n) is 18.2. The number of rotatable bonds is 6. The van der Waals surface area contributed by atoms with Gasteiger partial charge in [-0.25, -0.2) is 9.97 Å². The van der Waals surface area contributed by atoms with Crippen molar-refractivity contribution in [2.75, 3.05) is 11.9 Å². The number of anilines is 1. The van der Waals surface area contributed by atoms with Gasteiger partial charge in [0.2, 0.25) is 11.8 Å². The molecule has 1 atom stereocenters. The summed E-state index contributed by atoms with van der Waals surface area (Å²) in [6.07, 6.45) is 8.79. The molecule has 0 aromatic carbocycles. The third-order valence-electron chi connectivity index (χ3n) is 6.63. The average molecular weight is 467 g/mol. The summed E-state index contributed by atoms with van der Waals surface area (Å²) in [5.41, 5.74) is 2.88. The maximum atomic E-state index is 12.2. The van der Waals surface area contributed by atoms with Crippen LogP contribution in [0.2, 0.25) is 5.15 Å². The first-order chi connectivity index (χ1) is 16.0. The number of pyridine rings is 2. The summed E-state index contributed by atoms with van der Waals surface area (Å²) in [5, 5.41) is 10.8. The number of nitrogens with one attached hydrogen (secondary N) is 4. The third kappa shape index (κ3) is 4.95. The van der Waals surface area contributed by atoms with Gasteiger partial charge in [0.25, 0.3) is 0 Å². The number of fused-ring (bicyclic) bond motifs is 1. The Labute approximate surface area is 196 Å². The van der Waals surface area contributed by atoms with Gasteiger partial charge in [0.1, 0.15) is 22.7 Å². The second kappa shape index (κ2) is 9.39. The van der Waals surface area contributed by atoms with Gasteiger partial charge in [-0.3, -0.25) is 9.59 Å². The van der Waals surface area contributed by atoms with Crippen molar-refractivity contribution in [2.45, 2.75) is 50.6 Å². The molecular formula is C24H27ClN6O2. The van der Waals surface area contributed by atoms with E-state index >= 15 is 0 Å².